The Morgan fingerprint density at radius 2 is 1.64 bits per heavy atom. The molecule has 2 aromatic rings. The average molecular weight is 304 g/mol. The molecule has 6 heteroatoms. The van der Waals surface area contributed by atoms with E-state index in [0.29, 0.717) is 23.7 Å². The molecule has 0 aromatic heterocycles. The zero-order valence-electron chi connectivity index (χ0n) is 12.4. The number of nitrogens with one attached hydrogen (secondary N) is 2. The molecule has 2 N–H and O–H groups in total. The second-order valence-corrected chi connectivity index (χ2v) is 4.54. The Morgan fingerprint density at radius 3 is 2.18 bits per heavy atom. The van der Waals surface area contributed by atoms with Crippen molar-refractivity contribution in [2.24, 2.45) is 0 Å². The molecule has 0 fully saturated rings. The molecule has 2 aromatic carbocycles. The highest BCUT2D eigenvalue weighted by atomic mass is 19.1. The van der Waals surface area contributed by atoms with Gasteiger partial charge in [0.2, 0.25) is 0 Å². The first kappa shape index (κ1) is 15.6. The third kappa shape index (κ3) is 4.37. The molecule has 0 saturated carbocycles. The van der Waals surface area contributed by atoms with Crippen LogP contribution in [0.5, 0.6) is 11.5 Å². The maximum atomic E-state index is 12.8. The van der Waals surface area contributed by atoms with Gasteiger partial charge in [-0.15, -0.1) is 0 Å². The van der Waals surface area contributed by atoms with Crippen LogP contribution in [0.1, 0.15) is 5.56 Å². The summed E-state index contributed by atoms with van der Waals surface area (Å²) < 4.78 is 23.1. The van der Waals surface area contributed by atoms with E-state index >= 15 is 0 Å². The van der Waals surface area contributed by atoms with Gasteiger partial charge in [-0.1, -0.05) is 12.1 Å². The summed E-state index contributed by atoms with van der Waals surface area (Å²) in [5.74, 6) is 0.845. The average Bonchev–Trinajstić information content (AvgIpc) is 2.54. The number of benzene rings is 2. The minimum absolute atomic E-state index is 0.299. The SMILES string of the molecule is COc1cc(NC(=O)NCc2ccc(F)cc2)cc(OC)c1. The minimum atomic E-state index is -0.375. The molecular formula is C16H17FN2O3. The number of urea groups is 1. The fraction of sp³-hybridized carbons (Fsp3) is 0.188. The maximum absolute atomic E-state index is 12.8. The first-order chi connectivity index (χ1) is 10.6. The molecule has 0 saturated heterocycles. The van der Waals surface area contributed by atoms with Gasteiger partial charge in [0.1, 0.15) is 17.3 Å². The monoisotopic (exact) mass is 304 g/mol. The molecule has 0 aliphatic rings. The van der Waals surface area contributed by atoms with Gasteiger partial charge in [-0.05, 0) is 17.7 Å². The summed E-state index contributed by atoms with van der Waals surface area (Å²) in [5, 5.41) is 5.38. The third-order valence-corrected chi connectivity index (χ3v) is 2.98. The predicted molar refractivity (Wildman–Crippen MR) is 81.8 cm³/mol. The van der Waals surface area contributed by atoms with Gasteiger partial charge in [-0.3, -0.25) is 0 Å². The van der Waals surface area contributed by atoms with Crippen LogP contribution < -0.4 is 20.1 Å². The van der Waals surface area contributed by atoms with E-state index in [-0.39, 0.29) is 11.8 Å². The lowest BCUT2D eigenvalue weighted by Crippen LogP contribution is -2.28. The van der Waals surface area contributed by atoms with Crippen LogP contribution in [0.25, 0.3) is 0 Å². The van der Waals surface area contributed by atoms with Gasteiger partial charge < -0.3 is 20.1 Å². The van der Waals surface area contributed by atoms with Crippen molar-refractivity contribution >= 4 is 11.7 Å². The fourth-order valence-electron chi connectivity index (χ4n) is 1.84. The summed E-state index contributed by atoms with van der Waals surface area (Å²) in [6.45, 7) is 0.299. The quantitative estimate of drug-likeness (QED) is 0.892. The van der Waals surface area contributed by atoms with Crippen molar-refractivity contribution in [2.75, 3.05) is 19.5 Å². The van der Waals surface area contributed by atoms with E-state index in [1.54, 1.807) is 30.3 Å². The molecule has 2 rings (SSSR count). The molecule has 2 amide bonds. The number of methoxy groups -OCH3 is 2. The van der Waals surface area contributed by atoms with Crippen LogP contribution in [0.15, 0.2) is 42.5 Å². The number of carbonyl (C=O) groups is 1. The van der Waals surface area contributed by atoms with Gasteiger partial charge in [-0.25, -0.2) is 9.18 Å². The first-order valence-electron chi connectivity index (χ1n) is 6.63. The Kier molecular flexibility index (Phi) is 5.19. The van der Waals surface area contributed by atoms with E-state index < -0.39 is 0 Å². The molecule has 5 nitrogen and oxygen atoms in total. The van der Waals surface area contributed by atoms with E-state index in [2.05, 4.69) is 10.6 Å². The number of anilines is 1. The minimum Gasteiger partial charge on any atom is -0.497 e. The van der Waals surface area contributed by atoms with Crippen molar-refractivity contribution in [1.82, 2.24) is 5.32 Å². The van der Waals surface area contributed by atoms with Crippen LogP contribution in [0, 0.1) is 5.82 Å². The highest BCUT2D eigenvalue weighted by molar-refractivity contribution is 5.89. The number of ether oxygens (including phenoxy) is 2. The molecule has 116 valence electrons. The molecule has 0 bridgehead atoms. The summed E-state index contributed by atoms with van der Waals surface area (Å²) in [4.78, 5) is 11.9. The van der Waals surface area contributed by atoms with E-state index in [1.165, 1.54) is 26.4 Å². The third-order valence-electron chi connectivity index (χ3n) is 2.98. The Hall–Kier alpha value is -2.76. The van der Waals surface area contributed by atoms with Crippen molar-refractivity contribution in [2.45, 2.75) is 6.54 Å². The van der Waals surface area contributed by atoms with E-state index in [0.717, 1.165) is 5.56 Å². The zero-order chi connectivity index (χ0) is 15.9. The summed E-state index contributed by atoms with van der Waals surface area (Å²) in [5.41, 5.74) is 1.35. The number of carbonyl (C=O) groups excluding carboxylic acids is 1. The molecule has 0 heterocycles. The second kappa shape index (κ2) is 7.31. The van der Waals surface area contributed by atoms with E-state index in [4.69, 9.17) is 9.47 Å². The van der Waals surface area contributed by atoms with Crippen LogP contribution >= 0.6 is 0 Å². The molecule has 0 aliphatic heterocycles. The number of hydrogen-bond donors (Lipinski definition) is 2. The summed E-state index contributed by atoms with van der Waals surface area (Å²) in [6.07, 6.45) is 0. The lowest BCUT2D eigenvalue weighted by molar-refractivity contribution is 0.251. The van der Waals surface area contributed by atoms with Crippen molar-refractivity contribution in [3.63, 3.8) is 0 Å². The Balaban J connectivity index is 1.95. The molecule has 0 aliphatic carbocycles. The summed E-state index contributed by atoms with van der Waals surface area (Å²) in [6, 6.07) is 10.6. The number of amides is 2. The van der Waals surface area contributed by atoms with Gasteiger partial charge in [0.25, 0.3) is 0 Å². The standard InChI is InChI=1S/C16H17FN2O3/c1-21-14-7-13(8-15(9-14)22-2)19-16(20)18-10-11-3-5-12(17)6-4-11/h3-9H,10H2,1-2H3,(H2,18,19,20). The normalized spacial score (nSPS) is 9.95. The molecule has 0 atom stereocenters. The Labute approximate surface area is 128 Å². The number of rotatable bonds is 5. The fourth-order valence-corrected chi connectivity index (χ4v) is 1.84. The van der Waals surface area contributed by atoms with Gasteiger partial charge in [0.15, 0.2) is 0 Å². The summed E-state index contributed by atoms with van der Waals surface area (Å²) in [7, 11) is 3.07. The lowest BCUT2D eigenvalue weighted by atomic mass is 10.2. The highest BCUT2D eigenvalue weighted by Crippen LogP contribution is 2.25. The summed E-state index contributed by atoms with van der Waals surface area (Å²) >= 11 is 0. The largest absolute Gasteiger partial charge is 0.497 e. The molecule has 0 spiro atoms. The smallest absolute Gasteiger partial charge is 0.319 e. The van der Waals surface area contributed by atoms with Crippen LogP contribution in [0.3, 0.4) is 0 Å². The van der Waals surface area contributed by atoms with Crippen LogP contribution in [-0.4, -0.2) is 20.3 Å². The first-order valence-corrected chi connectivity index (χ1v) is 6.63. The highest BCUT2D eigenvalue weighted by Gasteiger charge is 2.06. The van der Waals surface area contributed by atoms with Crippen molar-refractivity contribution in [1.29, 1.82) is 0 Å². The Morgan fingerprint density at radius 1 is 1.05 bits per heavy atom. The molecule has 22 heavy (non-hydrogen) atoms. The van der Waals surface area contributed by atoms with E-state index in [9.17, 15) is 9.18 Å². The lowest BCUT2D eigenvalue weighted by Gasteiger charge is -2.11. The topological polar surface area (TPSA) is 59.6 Å². The van der Waals surface area contributed by atoms with Crippen molar-refractivity contribution in [3.8, 4) is 11.5 Å². The molecule has 0 radical (unpaired) electrons. The van der Waals surface area contributed by atoms with Gasteiger partial charge >= 0.3 is 6.03 Å². The Bertz CT molecular complexity index is 622. The molecule has 0 unspecified atom stereocenters. The van der Waals surface area contributed by atoms with Crippen molar-refractivity contribution < 1.29 is 18.7 Å². The second-order valence-electron chi connectivity index (χ2n) is 4.54. The van der Waals surface area contributed by atoms with Crippen molar-refractivity contribution in [3.05, 3.63) is 53.8 Å². The van der Waals surface area contributed by atoms with Crippen LogP contribution in [0.4, 0.5) is 14.9 Å². The van der Waals surface area contributed by atoms with Crippen LogP contribution in [0.2, 0.25) is 0 Å². The molecular weight excluding hydrogens is 287 g/mol. The van der Waals surface area contributed by atoms with Gasteiger partial charge in [0, 0.05) is 30.4 Å². The van der Waals surface area contributed by atoms with Gasteiger partial charge in [-0.2, -0.15) is 0 Å². The number of halogens is 1. The zero-order valence-corrected chi connectivity index (χ0v) is 12.4. The number of hydrogen-bond acceptors (Lipinski definition) is 3. The predicted octanol–water partition coefficient (Wildman–Crippen LogP) is 3.16. The maximum Gasteiger partial charge on any atom is 0.319 e. The van der Waals surface area contributed by atoms with Gasteiger partial charge in [0.05, 0.1) is 14.2 Å². The van der Waals surface area contributed by atoms with E-state index in [1.807, 2.05) is 0 Å². The van der Waals surface area contributed by atoms with Crippen LogP contribution in [-0.2, 0) is 6.54 Å².